The van der Waals surface area contributed by atoms with Crippen LogP contribution in [0.3, 0.4) is 0 Å². The number of amides is 1. The number of anilines is 1. The summed E-state index contributed by atoms with van der Waals surface area (Å²) in [6.07, 6.45) is 1.82. The number of piperidine rings is 1. The molecule has 1 atom stereocenters. The van der Waals surface area contributed by atoms with Gasteiger partial charge in [0.15, 0.2) is 0 Å². The fourth-order valence-electron chi connectivity index (χ4n) is 3.48. The maximum absolute atomic E-state index is 13.5. The zero-order valence-corrected chi connectivity index (χ0v) is 15.6. The number of nitrogens with one attached hydrogen (secondary N) is 1. The van der Waals surface area contributed by atoms with Crippen molar-refractivity contribution in [1.29, 1.82) is 0 Å². The van der Waals surface area contributed by atoms with Crippen molar-refractivity contribution in [2.75, 3.05) is 18.0 Å². The molecule has 1 fully saturated rings. The highest BCUT2D eigenvalue weighted by atomic mass is 19.1. The van der Waals surface area contributed by atoms with Gasteiger partial charge < -0.3 is 14.6 Å². The Morgan fingerprint density at radius 1 is 1.21 bits per heavy atom. The van der Waals surface area contributed by atoms with Crippen molar-refractivity contribution in [3.05, 3.63) is 65.8 Å². The van der Waals surface area contributed by atoms with Crippen LogP contribution in [0.2, 0.25) is 0 Å². The van der Waals surface area contributed by atoms with Crippen molar-refractivity contribution < 1.29 is 13.6 Å². The molecule has 1 N–H and O–H groups in total. The molecule has 1 aliphatic rings. The second kappa shape index (κ2) is 7.80. The Balaban J connectivity index is 1.45. The van der Waals surface area contributed by atoms with E-state index in [4.69, 9.17) is 4.42 Å². The highest BCUT2D eigenvalue weighted by Gasteiger charge is 2.22. The number of halogens is 1. The van der Waals surface area contributed by atoms with E-state index in [1.807, 2.05) is 12.1 Å². The summed E-state index contributed by atoms with van der Waals surface area (Å²) in [4.78, 5) is 14.8. The molecule has 0 saturated carbocycles. The van der Waals surface area contributed by atoms with Gasteiger partial charge in [-0.1, -0.05) is 12.1 Å². The largest absolute Gasteiger partial charge is 0.421 e. The number of benzene rings is 2. The second-order valence-corrected chi connectivity index (χ2v) is 6.95. The molecule has 3 aromatic rings. The number of carbonyl (C=O) groups excluding carboxylic acids is 1. The van der Waals surface area contributed by atoms with Gasteiger partial charge in [0, 0.05) is 42.9 Å². The third-order valence-electron chi connectivity index (χ3n) is 4.83. The minimum Gasteiger partial charge on any atom is -0.421 e. The maximum atomic E-state index is 13.5. The van der Waals surface area contributed by atoms with E-state index in [1.165, 1.54) is 12.1 Å². The number of aryl methyl sites for hydroxylation is 1. The average Bonchev–Trinajstić information content (AvgIpc) is 3.15. The molecule has 0 radical (unpaired) electrons. The number of hydrogen-bond acceptors (Lipinski definition) is 5. The van der Waals surface area contributed by atoms with Gasteiger partial charge in [0.2, 0.25) is 11.8 Å². The Hall–Kier alpha value is -3.22. The summed E-state index contributed by atoms with van der Waals surface area (Å²) >= 11 is 0. The van der Waals surface area contributed by atoms with Gasteiger partial charge in [-0.25, -0.2) is 4.39 Å². The van der Waals surface area contributed by atoms with Gasteiger partial charge in [-0.15, -0.1) is 10.2 Å². The first-order valence-corrected chi connectivity index (χ1v) is 9.30. The first-order chi connectivity index (χ1) is 13.6. The van der Waals surface area contributed by atoms with Gasteiger partial charge in [0.25, 0.3) is 5.91 Å². The van der Waals surface area contributed by atoms with E-state index >= 15 is 0 Å². The minimum atomic E-state index is -0.253. The molecule has 0 bridgehead atoms. The average molecular weight is 380 g/mol. The van der Waals surface area contributed by atoms with Crippen LogP contribution in [-0.2, 0) is 0 Å². The summed E-state index contributed by atoms with van der Waals surface area (Å²) < 4.78 is 19.0. The molecule has 1 unspecified atom stereocenters. The molecule has 1 aliphatic heterocycles. The number of hydrogen-bond donors (Lipinski definition) is 1. The molecular formula is C21H21FN4O2. The van der Waals surface area contributed by atoms with Crippen molar-refractivity contribution in [3.8, 4) is 11.5 Å². The lowest BCUT2D eigenvalue weighted by molar-refractivity contribution is 0.0933. The summed E-state index contributed by atoms with van der Waals surface area (Å²) in [5.74, 6) is 0.465. The molecule has 2 heterocycles. The molecule has 0 spiro atoms. The second-order valence-electron chi connectivity index (χ2n) is 6.95. The van der Waals surface area contributed by atoms with E-state index in [0.29, 0.717) is 29.5 Å². The standard InChI is InChI=1S/C21H21FN4O2/c1-14-24-25-21(28-14)16-6-2-5-15(11-16)20(27)23-18-8-4-10-26(13-18)19-9-3-7-17(22)12-19/h2-3,5-7,9,11-12,18H,4,8,10,13H2,1H3,(H,23,27). The highest BCUT2D eigenvalue weighted by molar-refractivity contribution is 5.95. The van der Waals surface area contributed by atoms with Gasteiger partial charge in [-0.05, 0) is 49.2 Å². The van der Waals surface area contributed by atoms with Gasteiger partial charge in [0.1, 0.15) is 5.82 Å². The summed E-state index contributed by atoms with van der Waals surface area (Å²) in [6, 6.07) is 13.7. The zero-order chi connectivity index (χ0) is 19.5. The molecule has 28 heavy (non-hydrogen) atoms. The van der Waals surface area contributed by atoms with E-state index in [2.05, 4.69) is 20.4 Å². The summed E-state index contributed by atoms with van der Waals surface area (Å²) in [7, 11) is 0. The van der Waals surface area contributed by atoms with Gasteiger partial charge in [-0.3, -0.25) is 4.79 Å². The molecule has 4 rings (SSSR count). The van der Waals surface area contributed by atoms with Crippen LogP contribution in [0.1, 0.15) is 29.1 Å². The van der Waals surface area contributed by atoms with Gasteiger partial charge in [0.05, 0.1) is 0 Å². The lowest BCUT2D eigenvalue weighted by atomic mass is 10.0. The molecule has 1 amide bonds. The summed E-state index contributed by atoms with van der Waals surface area (Å²) in [6.45, 7) is 3.22. The van der Waals surface area contributed by atoms with Crippen LogP contribution in [0.4, 0.5) is 10.1 Å². The molecular weight excluding hydrogens is 359 g/mol. The Kier molecular flexibility index (Phi) is 5.06. The van der Waals surface area contributed by atoms with E-state index in [9.17, 15) is 9.18 Å². The zero-order valence-electron chi connectivity index (χ0n) is 15.6. The Bertz CT molecular complexity index is 988. The Morgan fingerprint density at radius 2 is 2.07 bits per heavy atom. The van der Waals surface area contributed by atoms with E-state index in [0.717, 1.165) is 25.1 Å². The molecule has 1 aromatic heterocycles. The monoisotopic (exact) mass is 380 g/mol. The van der Waals surface area contributed by atoms with Crippen LogP contribution in [0.5, 0.6) is 0 Å². The Labute approximate surface area is 162 Å². The molecule has 1 saturated heterocycles. The van der Waals surface area contributed by atoms with Gasteiger partial charge in [-0.2, -0.15) is 0 Å². The first-order valence-electron chi connectivity index (χ1n) is 9.30. The number of aromatic nitrogens is 2. The van der Waals surface area contributed by atoms with Crippen molar-refractivity contribution in [2.45, 2.75) is 25.8 Å². The molecule has 144 valence electrons. The Morgan fingerprint density at radius 3 is 2.86 bits per heavy atom. The van der Waals surface area contributed by atoms with E-state index < -0.39 is 0 Å². The van der Waals surface area contributed by atoms with Crippen LogP contribution in [0, 0.1) is 12.7 Å². The maximum Gasteiger partial charge on any atom is 0.251 e. The minimum absolute atomic E-state index is 0.00109. The SMILES string of the molecule is Cc1nnc(-c2cccc(C(=O)NC3CCCN(c4cccc(F)c4)C3)c2)o1. The third-order valence-corrected chi connectivity index (χ3v) is 4.83. The van der Waals surface area contributed by atoms with Crippen LogP contribution in [0.25, 0.3) is 11.5 Å². The van der Waals surface area contributed by atoms with Crippen molar-refractivity contribution in [1.82, 2.24) is 15.5 Å². The quantitative estimate of drug-likeness (QED) is 0.749. The third kappa shape index (κ3) is 4.03. The topological polar surface area (TPSA) is 71.3 Å². The highest BCUT2D eigenvalue weighted by Crippen LogP contribution is 2.22. The van der Waals surface area contributed by atoms with E-state index in [-0.39, 0.29) is 17.8 Å². The van der Waals surface area contributed by atoms with Crippen LogP contribution in [-0.4, -0.2) is 35.2 Å². The molecule has 6 nitrogen and oxygen atoms in total. The fourth-order valence-corrected chi connectivity index (χ4v) is 3.48. The number of nitrogens with zero attached hydrogens (tertiary/aromatic N) is 3. The van der Waals surface area contributed by atoms with Crippen LogP contribution >= 0.6 is 0 Å². The molecule has 7 heteroatoms. The van der Waals surface area contributed by atoms with Crippen LogP contribution in [0.15, 0.2) is 52.9 Å². The van der Waals surface area contributed by atoms with Crippen molar-refractivity contribution >= 4 is 11.6 Å². The number of rotatable bonds is 4. The van der Waals surface area contributed by atoms with Crippen molar-refractivity contribution in [2.24, 2.45) is 0 Å². The lowest BCUT2D eigenvalue weighted by Crippen LogP contribution is -2.47. The van der Waals surface area contributed by atoms with Crippen molar-refractivity contribution in [3.63, 3.8) is 0 Å². The van der Waals surface area contributed by atoms with Gasteiger partial charge >= 0.3 is 0 Å². The normalized spacial score (nSPS) is 16.8. The van der Waals surface area contributed by atoms with Crippen LogP contribution < -0.4 is 10.2 Å². The summed E-state index contributed by atoms with van der Waals surface area (Å²) in [5.41, 5.74) is 2.09. The first kappa shape index (κ1) is 18.2. The smallest absolute Gasteiger partial charge is 0.251 e. The fraction of sp³-hybridized carbons (Fsp3) is 0.286. The van der Waals surface area contributed by atoms with E-state index in [1.54, 1.807) is 31.2 Å². The number of carbonyl (C=O) groups is 1. The molecule has 0 aliphatic carbocycles. The predicted octanol–water partition coefficient (Wildman–Crippen LogP) is 3.58. The summed E-state index contributed by atoms with van der Waals surface area (Å²) in [5, 5.41) is 10.9. The lowest BCUT2D eigenvalue weighted by Gasteiger charge is -2.34. The molecule has 2 aromatic carbocycles. The predicted molar refractivity (Wildman–Crippen MR) is 104 cm³/mol.